The van der Waals surface area contributed by atoms with E-state index < -0.39 is 0 Å². The molecule has 30 heavy (non-hydrogen) atoms. The van der Waals surface area contributed by atoms with Crippen LogP contribution < -0.4 is 14.4 Å². The minimum Gasteiger partial charge on any atom is -0.493 e. The van der Waals surface area contributed by atoms with Gasteiger partial charge in [0, 0.05) is 5.56 Å². The highest BCUT2D eigenvalue weighted by Gasteiger charge is 2.24. The maximum Gasteiger partial charge on any atom is 0.260 e. The third-order valence-electron chi connectivity index (χ3n) is 4.81. The Balaban J connectivity index is 1.79. The lowest BCUT2D eigenvalue weighted by atomic mass is 10.1. The molecule has 0 radical (unpaired) electrons. The van der Waals surface area contributed by atoms with Crippen LogP contribution in [0.3, 0.4) is 0 Å². The molecule has 7 heteroatoms. The van der Waals surface area contributed by atoms with Crippen LogP contribution in [0.5, 0.6) is 11.5 Å². The van der Waals surface area contributed by atoms with Gasteiger partial charge in [-0.05, 0) is 61.4 Å². The summed E-state index contributed by atoms with van der Waals surface area (Å²) in [5.41, 5.74) is 3.65. The van der Waals surface area contributed by atoms with Crippen LogP contribution in [0.15, 0.2) is 53.1 Å². The first-order valence-electron chi connectivity index (χ1n) is 9.44. The quantitative estimate of drug-likeness (QED) is 0.418. The summed E-state index contributed by atoms with van der Waals surface area (Å²) < 4.78 is 17.2. The van der Waals surface area contributed by atoms with Crippen molar-refractivity contribution in [1.29, 1.82) is 0 Å². The summed E-state index contributed by atoms with van der Waals surface area (Å²) >= 11 is 1.50. The van der Waals surface area contributed by atoms with E-state index in [1.54, 1.807) is 49.6 Å². The van der Waals surface area contributed by atoms with Gasteiger partial charge in [0.05, 0.1) is 37.2 Å². The van der Waals surface area contributed by atoms with Gasteiger partial charge in [-0.25, -0.2) is 4.98 Å². The number of aromatic nitrogens is 1. The zero-order valence-electron chi connectivity index (χ0n) is 17.3. The Morgan fingerprint density at radius 3 is 2.60 bits per heavy atom. The van der Waals surface area contributed by atoms with Crippen molar-refractivity contribution in [3.8, 4) is 11.5 Å². The van der Waals surface area contributed by atoms with Gasteiger partial charge in [-0.15, -0.1) is 0 Å². The van der Waals surface area contributed by atoms with Gasteiger partial charge >= 0.3 is 0 Å². The number of carbonyl (C=O) groups excluding carboxylic acids is 1. The molecular formula is C23H22N2O4S. The summed E-state index contributed by atoms with van der Waals surface area (Å²) in [5, 5.41) is 0.620. The highest BCUT2D eigenvalue weighted by atomic mass is 32.1. The van der Waals surface area contributed by atoms with Crippen molar-refractivity contribution in [3.63, 3.8) is 0 Å². The molecule has 2 aromatic carbocycles. The number of aryl methyl sites for hydroxylation is 2. The third kappa shape index (κ3) is 3.76. The van der Waals surface area contributed by atoms with E-state index in [1.807, 2.05) is 19.1 Å². The van der Waals surface area contributed by atoms with Crippen molar-refractivity contribution in [1.82, 2.24) is 4.98 Å². The van der Waals surface area contributed by atoms with Crippen LogP contribution >= 0.6 is 11.3 Å². The number of rotatable bonds is 6. The summed E-state index contributed by atoms with van der Waals surface area (Å²) in [6.07, 6.45) is 1.60. The molecule has 4 aromatic rings. The predicted molar refractivity (Wildman–Crippen MR) is 118 cm³/mol. The fourth-order valence-electron chi connectivity index (χ4n) is 3.39. The topological polar surface area (TPSA) is 64.8 Å². The smallest absolute Gasteiger partial charge is 0.260 e. The van der Waals surface area contributed by atoms with E-state index in [4.69, 9.17) is 18.9 Å². The number of thiazole rings is 1. The molecule has 0 aliphatic heterocycles. The Hall–Kier alpha value is -3.32. The molecule has 4 rings (SSSR count). The predicted octanol–water partition coefficient (Wildman–Crippen LogP) is 5.37. The molecule has 154 valence electrons. The molecule has 0 atom stereocenters. The standard InChI is InChI=1S/C23H22N2O4S/c1-14-10-15(2)21-18(11-14)24-23(30-21)25(13-17-6-5-9-29-17)22(26)16-7-8-19(27-3)20(12-16)28-4/h5-12H,13H2,1-4H3. The minimum absolute atomic E-state index is 0.194. The summed E-state index contributed by atoms with van der Waals surface area (Å²) in [5.74, 6) is 1.55. The maximum absolute atomic E-state index is 13.5. The van der Waals surface area contributed by atoms with Gasteiger partial charge in [0.2, 0.25) is 0 Å². The van der Waals surface area contributed by atoms with Crippen LogP contribution in [0.2, 0.25) is 0 Å². The number of amides is 1. The minimum atomic E-state index is -0.194. The van der Waals surface area contributed by atoms with Gasteiger partial charge in [0.25, 0.3) is 5.91 Å². The van der Waals surface area contributed by atoms with Gasteiger partial charge in [0.1, 0.15) is 5.76 Å². The highest BCUT2D eigenvalue weighted by Crippen LogP contribution is 2.35. The van der Waals surface area contributed by atoms with Crippen LogP contribution in [-0.2, 0) is 6.54 Å². The molecule has 0 N–H and O–H groups in total. The lowest BCUT2D eigenvalue weighted by Gasteiger charge is -2.19. The Morgan fingerprint density at radius 1 is 1.10 bits per heavy atom. The lowest BCUT2D eigenvalue weighted by molar-refractivity contribution is 0.0983. The molecule has 0 fully saturated rings. The van der Waals surface area contributed by atoms with Crippen molar-refractivity contribution in [2.45, 2.75) is 20.4 Å². The molecular weight excluding hydrogens is 400 g/mol. The Bertz CT molecular complexity index is 1200. The van der Waals surface area contributed by atoms with Crippen molar-refractivity contribution < 1.29 is 18.7 Å². The van der Waals surface area contributed by atoms with E-state index in [1.165, 1.54) is 11.3 Å². The lowest BCUT2D eigenvalue weighted by Crippen LogP contribution is -2.30. The van der Waals surface area contributed by atoms with Crippen LogP contribution in [0.25, 0.3) is 10.2 Å². The first-order chi connectivity index (χ1) is 14.5. The van der Waals surface area contributed by atoms with Gasteiger partial charge in [-0.1, -0.05) is 17.4 Å². The maximum atomic E-state index is 13.5. The normalized spacial score (nSPS) is 10.9. The second-order valence-electron chi connectivity index (χ2n) is 6.97. The second-order valence-corrected chi connectivity index (χ2v) is 7.94. The SMILES string of the molecule is COc1ccc(C(=O)N(Cc2ccco2)c2nc3cc(C)cc(C)c3s2)cc1OC. The molecule has 2 heterocycles. The molecule has 0 bridgehead atoms. The third-order valence-corrected chi connectivity index (χ3v) is 6.04. The van der Waals surface area contributed by atoms with E-state index >= 15 is 0 Å². The number of furan rings is 1. The van der Waals surface area contributed by atoms with Crippen molar-refractivity contribution >= 4 is 32.6 Å². The van der Waals surface area contributed by atoms with E-state index in [0.29, 0.717) is 28.0 Å². The number of benzene rings is 2. The van der Waals surface area contributed by atoms with Crippen LogP contribution in [-0.4, -0.2) is 25.1 Å². The Morgan fingerprint density at radius 2 is 1.90 bits per heavy atom. The van der Waals surface area contributed by atoms with E-state index in [2.05, 4.69) is 13.0 Å². The molecule has 0 aliphatic rings. The second kappa shape index (κ2) is 8.20. The fraction of sp³-hybridized carbons (Fsp3) is 0.217. The average molecular weight is 423 g/mol. The first-order valence-corrected chi connectivity index (χ1v) is 10.3. The molecule has 0 aliphatic carbocycles. The van der Waals surface area contributed by atoms with Gasteiger partial charge in [0.15, 0.2) is 16.6 Å². The molecule has 6 nitrogen and oxygen atoms in total. The van der Waals surface area contributed by atoms with Crippen molar-refractivity contribution in [3.05, 3.63) is 71.2 Å². The Kier molecular flexibility index (Phi) is 5.46. The highest BCUT2D eigenvalue weighted by molar-refractivity contribution is 7.22. The van der Waals surface area contributed by atoms with Crippen LogP contribution in [0.1, 0.15) is 27.2 Å². The molecule has 0 unspecified atom stereocenters. The number of ether oxygens (including phenoxy) is 2. The molecule has 0 saturated carbocycles. The monoisotopic (exact) mass is 422 g/mol. The van der Waals surface area contributed by atoms with E-state index in [0.717, 1.165) is 21.3 Å². The fourth-order valence-corrected chi connectivity index (χ4v) is 4.40. The number of methoxy groups -OCH3 is 2. The van der Waals surface area contributed by atoms with Crippen molar-refractivity contribution in [2.75, 3.05) is 19.1 Å². The van der Waals surface area contributed by atoms with Gasteiger partial charge in [-0.3, -0.25) is 9.69 Å². The number of carbonyl (C=O) groups is 1. The first kappa shape index (κ1) is 20.0. The number of anilines is 1. The largest absolute Gasteiger partial charge is 0.493 e. The Labute approximate surface area is 178 Å². The molecule has 0 saturated heterocycles. The summed E-state index contributed by atoms with van der Waals surface area (Å²) in [4.78, 5) is 19.9. The molecule has 2 aromatic heterocycles. The van der Waals surface area contributed by atoms with Crippen LogP contribution in [0, 0.1) is 13.8 Å². The van der Waals surface area contributed by atoms with Crippen molar-refractivity contribution in [2.24, 2.45) is 0 Å². The zero-order valence-corrected chi connectivity index (χ0v) is 18.1. The summed E-state index contributed by atoms with van der Waals surface area (Å²) in [7, 11) is 3.11. The van der Waals surface area contributed by atoms with Crippen LogP contribution in [0.4, 0.5) is 5.13 Å². The number of fused-ring (bicyclic) bond motifs is 1. The van der Waals surface area contributed by atoms with Gasteiger partial charge < -0.3 is 13.9 Å². The average Bonchev–Trinajstić information content (AvgIpc) is 3.40. The summed E-state index contributed by atoms with van der Waals surface area (Å²) in [6, 6.07) is 12.9. The zero-order chi connectivity index (χ0) is 21.3. The van der Waals surface area contributed by atoms with E-state index in [9.17, 15) is 4.79 Å². The number of hydrogen-bond acceptors (Lipinski definition) is 6. The van der Waals surface area contributed by atoms with Gasteiger partial charge in [-0.2, -0.15) is 0 Å². The molecule has 0 spiro atoms. The number of nitrogens with zero attached hydrogens (tertiary/aromatic N) is 2. The summed E-state index contributed by atoms with van der Waals surface area (Å²) in [6.45, 7) is 4.38. The molecule has 1 amide bonds. The van der Waals surface area contributed by atoms with E-state index in [-0.39, 0.29) is 12.5 Å². The number of hydrogen-bond donors (Lipinski definition) is 0.